The zero-order chi connectivity index (χ0) is 15.6. The maximum atomic E-state index is 12.1. The summed E-state index contributed by atoms with van der Waals surface area (Å²) in [5.41, 5.74) is 0.621. The third kappa shape index (κ3) is 4.96. The van der Waals surface area contributed by atoms with Crippen LogP contribution < -0.4 is 0 Å². The van der Waals surface area contributed by atoms with E-state index in [1.165, 1.54) is 7.05 Å². The van der Waals surface area contributed by atoms with Gasteiger partial charge in [0.1, 0.15) is 0 Å². The number of sulfonamides is 1. The number of hydrogen-bond acceptors (Lipinski definition) is 2. The molecule has 1 rings (SSSR count). The Kier molecular flexibility index (Phi) is 5.46. The normalized spacial score (nSPS) is 14.6. The molecule has 3 nitrogen and oxygen atoms in total. The fourth-order valence-electron chi connectivity index (χ4n) is 1.61. The number of hydrogen-bond donors (Lipinski definition) is 0. The molecule has 0 aliphatic rings. The van der Waals surface area contributed by atoms with Crippen LogP contribution in [-0.2, 0) is 10.0 Å². The molecule has 0 radical (unpaired) electrons. The Bertz CT molecular complexity index is 560. The lowest BCUT2D eigenvalue weighted by atomic mass is 10.1. The summed E-state index contributed by atoms with van der Waals surface area (Å²) in [6.07, 6.45) is -5.85. The van der Waals surface area contributed by atoms with Crippen molar-refractivity contribution in [2.45, 2.75) is 25.6 Å². The van der Waals surface area contributed by atoms with Gasteiger partial charge in [0, 0.05) is 18.1 Å². The first-order chi connectivity index (χ1) is 9.03. The average molecular weight is 330 g/mol. The van der Waals surface area contributed by atoms with Gasteiger partial charge in [-0.05, 0) is 24.6 Å². The summed E-state index contributed by atoms with van der Waals surface area (Å²) in [4.78, 5) is 0. The van der Waals surface area contributed by atoms with Crippen molar-refractivity contribution in [1.29, 1.82) is 0 Å². The molecule has 0 spiro atoms. The minimum Gasteiger partial charge on any atom is -0.212 e. The smallest absolute Gasteiger partial charge is 0.212 e. The molecule has 1 atom stereocenters. The molecule has 0 aliphatic heterocycles. The molecule has 1 aromatic rings. The fourth-order valence-corrected chi connectivity index (χ4v) is 3.19. The molecule has 0 bridgehead atoms. The standard InChI is InChI=1S/C12H15ClF3NO2S/c1-9(10-4-3-5-11(13)8-10)17(2)20(18,19)7-6-12(14,15)16/h3-5,8-9H,6-7H2,1-2H3. The van der Waals surface area contributed by atoms with Gasteiger partial charge in [0.05, 0.1) is 12.2 Å². The Morgan fingerprint density at radius 2 is 1.95 bits per heavy atom. The molecule has 8 heteroatoms. The zero-order valence-electron chi connectivity index (χ0n) is 11.0. The molecule has 0 fully saturated rings. The van der Waals surface area contributed by atoms with Crippen molar-refractivity contribution in [3.05, 3.63) is 34.9 Å². The van der Waals surface area contributed by atoms with E-state index >= 15 is 0 Å². The fraction of sp³-hybridized carbons (Fsp3) is 0.500. The second-order valence-corrected chi connectivity index (χ2v) is 7.01. The van der Waals surface area contributed by atoms with Gasteiger partial charge in [-0.2, -0.15) is 17.5 Å². The number of alkyl halides is 3. The van der Waals surface area contributed by atoms with Crippen molar-refractivity contribution in [2.24, 2.45) is 0 Å². The molecule has 20 heavy (non-hydrogen) atoms. The molecule has 0 heterocycles. The van der Waals surface area contributed by atoms with Gasteiger partial charge in [-0.1, -0.05) is 23.7 Å². The number of halogens is 4. The highest BCUT2D eigenvalue weighted by Gasteiger charge is 2.32. The lowest BCUT2D eigenvalue weighted by molar-refractivity contribution is -0.130. The first-order valence-corrected chi connectivity index (χ1v) is 7.79. The minimum atomic E-state index is -4.49. The van der Waals surface area contributed by atoms with E-state index < -0.39 is 34.4 Å². The van der Waals surface area contributed by atoms with E-state index in [1.54, 1.807) is 31.2 Å². The van der Waals surface area contributed by atoms with Crippen LogP contribution in [0.25, 0.3) is 0 Å². The highest BCUT2D eigenvalue weighted by atomic mass is 35.5. The van der Waals surface area contributed by atoms with E-state index in [-0.39, 0.29) is 0 Å². The van der Waals surface area contributed by atoms with E-state index in [0.717, 1.165) is 4.31 Å². The second kappa shape index (κ2) is 6.32. The summed E-state index contributed by atoms with van der Waals surface area (Å²) in [7, 11) is -2.72. The van der Waals surface area contributed by atoms with Crippen LogP contribution in [0.3, 0.4) is 0 Å². The molecule has 0 aromatic heterocycles. The summed E-state index contributed by atoms with van der Waals surface area (Å²) in [6, 6.07) is 5.96. The van der Waals surface area contributed by atoms with Gasteiger partial charge in [-0.25, -0.2) is 8.42 Å². The van der Waals surface area contributed by atoms with Crippen LogP contribution in [0.5, 0.6) is 0 Å². The monoisotopic (exact) mass is 329 g/mol. The highest BCUT2D eigenvalue weighted by Crippen LogP contribution is 2.26. The van der Waals surface area contributed by atoms with Crippen LogP contribution >= 0.6 is 11.6 Å². The lowest BCUT2D eigenvalue weighted by Crippen LogP contribution is -2.33. The van der Waals surface area contributed by atoms with Crippen molar-refractivity contribution < 1.29 is 21.6 Å². The summed E-state index contributed by atoms with van der Waals surface area (Å²) >= 11 is 5.81. The third-order valence-electron chi connectivity index (χ3n) is 2.96. The van der Waals surface area contributed by atoms with E-state index in [1.807, 2.05) is 0 Å². The molecule has 0 amide bonds. The van der Waals surface area contributed by atoms with Crippen molar-refractivity contribution in [2.75, 3.05) is 12.8 Å². The molecule has 1 aromatic carbocycles. The van der Waals surface area contributed by atoms with E-state index in [4.69, 9.17) is 11.6 Å². The Labute approximate surface area is 121 Å². The van der Waals surface area contributed by atoms with Crippen LogP contribution in [-0.4, -0.2) is 31.7 Å². The SMILES string of the molecule is CC(c1cccc(Cl)c1)N(C)S(=O)(=O)CCC(F)(F)F. The van der Waals surface area contributed by atoms with Gasteiger partial charge in [0.15, 0.2) is 0 Å². The van der Waals surface area contributed by atoms with Gasteiger partial charge in [-0.15, -0.1) is 0 Å². The van der Waals surface area contributed by atoms with Gasteiger partial charge in [0.2, 0.25) is 10.0 Å². The highest BCUT2D eigenvalue weighted by molar-refractivity contribution is 7.89. The van der Waals surface area contributed by atoms with Crippen LogP contribution in [0.4, 0.5) is 13.2 Å². The predicted octanol–water partition coefficient (Wildman–Crippen LogP) is 3.62. The molecule has 0 aliphatic carbocycles. The molecular formula is C12H15ClF3NO2S. The second-order valence-electron chi connectivity index (χ2n) is 4.43. The quantitative estimate of drug-likeness (QED) is 0.827. The molecule has 1 unspecified atom stereocenters. The first-order valence-electron chi connectivity index (χ1n) is 5.81. The molecule has 0 saturated heterocycles. The van der Waals surface area contributed by atoms with Gasteiger partial charge in [0.25, 0.3) is 0 Å². The van der Waals surface area contributed by atoms with E-state index in [0.29, 0.717) is 10.6 Å². The van der Waals surface area contributed by atoms with Crippen LogP contribution in [0.1, 0.15) is 24.9 Å². The van der Waals surface area contributed by atoms with Crippen LogP contribution in [0.15, 0.2) is 24.3 Å². The Hall–Kier alpha value is -0.790. The Balaban J connectivity index is 2.85. The number of rotatable bonds is 5. The molecule has 0 N–H and O–H groups in total. The predicted molar refractivity (Wildman–Crippen MR) is 72.1 cm³/mol. The molecular weight excluding hydrogens is 315 g/mol. The van der Waals surface area contributed by atoms with Crippen LogP contribution in [0.2, 0.25) is 5.02 Å². The van der Waals surface area contributed by atoms with Gasteiger partial charge in [-0.3, -0.25) is 0 Å². The Morgan fingerprint density at radius 3 is 2.45 bits per heavy atom. The maximum Gasteiger partial charge on any atom is 0.390 e. The van der Waals surface area contributed by atoms with Crippen LogP contribution in [0, 0.1) is 0 Å². The lowest BCUT2D eigenvalue weighted by Gasteiger charge is -2.25. The molecule has 0 saturated carbocycles. The minimum absolute atomic E-state index is 0.440. The number of benzene rings is 1. The maximum absolute atomic E-state index is 12.1. The third-order valence-corrected chi connectivity index (χ3v) is 5.11. The van der Waals surface area contributed by atoms with Gasteiger partial charge >= 0.3 is 6.18 Å². The van der Waals surface area contributed by atoms with E-state index in [2.05, 4.69) is 0 Å². The number of nitrogens with zero attached hydrogens (tertiary/aromatic N) is 1. The topological polar surface area (TPSA) is 37.4 Å². The summed E-state index contributed by atoms with van der Waals surface area (Å²) in [6.45, 7) is 1.59. The van der Waals surface area contributed by atoms with Crippen molar-refractivity contribution >= 4 is 21.6 Å². The largest absolute Gasteiger partial charge is 0.390 e. The summed E-state index contributed by atoms with van der Waals surface area (Å²) in [5.74, 6) is -0.960. The molecule has 114 valence electrons. The summed E-state index contributed by atoms with van der Waals surface area (Å²) in [5, 5.41) is 0.440. The van der Waals surface area contributed by atoms with Gasteiger partial charge < -0.3 is 0 Å². The first kappa shape index (κ1) is 17.3. The average Bonchev–Trinajstić information content (AvgIpc) is 2.34. The summed E-state index contributed by atoms with van der Waals surface area (Å²) < 4.78 is 61.1. The van der Waals surface area contributed by atoms with Crippen molar-refractivity contribution in [1.82, 2.24) is 4.31 Å². The van der Waals surface area contributed by atoms with E-state index in [9.17, 15) is 21.6 Å². The van der Waals surface area contributed by atoms with Crippen molar-refractivity contribution in [3.63, 3.8) is 0 Å². The Morgan fingerprint density at radius 1 is 1.35 bits per heavy atom. The zero-order valence-corrected chi connectivity index (χ0v) is 12.6. The van der Waals surface area contributed by atoms with Crippen molar-refractivity contribution in [3.8, 4) is 0 Å².